The molecule has 0 aromatic heterocycles. The lowest BCUT2D eigenvalue weighted by molar-refractivity contribution is 0.179. The van der Waals surface area contributed by atoms with Crippen molar-refractivity contribution in [3.8, 4) is 0 Å². The molecule has 12 heavy (non-hydrogen) atoms. The smallest absolute Gasteiger partial charge is 0.0626 e. The van der Waals surface area contributed by atoms with E-state index in [1.54, 1.807) is 7.11 Å². The van der Waals surface area contributed by atoms with Gasteiger partial charge in [-0.2, -0.15) is 0 Å². The van der Waals surface area contributed by atoms with Crippen LogP contribution in [0.1, 0.15) is 13.3 Å². The molecule has 0 aliphatic heterocycles. The van der Waals surface area contributed by atoms with Gasteiger partial charge >= 0.3 is 0 Å². The second kappa shape index (κ2) is 4.80. The van der Waals surface area contributed by atoms with E-state index in [4.69, 9.17) is 10.5 Å². The predicted octanol–water partition coefficient (Wildman–Crippen LogP) is 0.206. The van der Waals surface area contributed by atoms with E-state index in [0.717, 1.165) is 24.9 Å². The molecule has 3 heteroatoms. The van der Waals surface area contributed by atoms with Crippen LogP contribution in [-0.2, 0) is 4.74 Å². The third-order valence-electron chi connectivity index (χ3n) is 2.47. The minimum atomic E-state index is 0.143. The summed E-state index contributed by atoms with van der Waals surface area (Å²) in [5.74, 6) is 1.83. The normalized spacial score (nSPS) is 30.2. The predicted molar refractivity (Wildman–Crippen MR) is 50.0 cm³/mol. The van der Waals surface area contributed by atoms with Gasteiger partial charge < -0.3 is 15.8 Å². The van der Waals surface area contributed by atoms with Crippen LogP contribution in [0, 0.1) is 11.8 Å². The van der Waals surface area contributed by atoms with Crippen LogP contribution >= 0.6 is 0 Å². The summed E-state index contributed by atoms with van der Waals surface area (Å²) in [5.41, 5.74) is 5.74. The molecule has 0 spiro atoms. The van der Waals surface area contributed by atoms with Crippen molar-refractivity contribution in [3.63, 3.8) is 0 Å². The van der Waals surface area contributed by atoms with Gasteiger partial charge in [0, 0.05) is 19.7 Å². The van der Waals surface area contributed by atoms with Gasteiger partial charge in [-0.3, -0.25) is 0 Å². The summed E-state index contributed by atoms with van der Waals surface area (Å²) < 4.78 is 4.93. The van der Waals surface area contributed by atoms with E-state index in [0.29, 0.717) is 6.61 Å². The number of nitrogens with one attached hydrogen (secondary N) is 1. The fourth-order valence-corrected chi connectivity index (χ4v) is 1.41. The first-order valence-electron chi connectivity index (χ1n) is 4.69. The lowest BCUT2D eigenvalue weighted by atomic mass is 10.3. The van der Waals surface area contributed by atoms with Crippen LogP contribution < -0.4 is 11.1 Å². The molecule has 0 aromatic rings. The fraction of sp³-hybridized carbons (Fsp3) is 1.00. The Morgan fingerprint density at radius 1 is 1.67 bits per heavy atom. The Kier molecular flexibility index (Phi) is 3.98. The minimum absolute atomic E-state index is 0.143. The van der Waals surface area contributed by atoms with Gasteiger partial charge in [0.25, 0.3) is 0 Å². The summed E-state index contributed by atoms with van der Waals surface area (Å²) in [6.07, 6.45) is 1.38. The van der Waals surface area contributed by atoms with Crippen molar-refractivity contribution in [1.29, 1.82) is 0 Å². The molecule has 3 atom stereocenters. The molecule has 1 saturated carbocycles. The highest BCUT2D eigenvalue weighted by Gasteiger charge is 2.31. The molecule has 1 aliphatic rings. The van der Waals surface area contributed by atoms with E-state index >= 15 is 0 Å². The first-order chi connectivity index (χ1) is 5.74. The fourth-order valence-electron chi connectivity index (χ4n) is 1.41. The maximum absolute atomic E-state index is 5.74. The Bertz CT molecular complexity index is 130. The number of rotatable bonds is 6. The summed E-state index contributed by atoms with van der Waals surface area (Å²) in [7, 11) is 1.68. The number of hydrogen-bond acceptors (Lipinski definition) is 3. The van der Waals surface area contributed by atoms with Crippen LogP contribution in [0.5, 0.6) is 0 Å². The average Bonchev–Trinajstić information content (AvgIpc) is 2.67. The zero-order valence-electron chi connectivity index (χ0n) is 8.05. The molecule has 3 nitrogen and oxygen atoms in total. The van der Waals surface area contributed by atoms with Crippen molar-refractivity contribution in [3.05, 3.63) is 0 Å². The molecule has 0 heterocycles. The SMILES string of the molecule is COCC(N)CNCC1CC1C. The maximum atomic E-state index is 5.74. The zero-order valence-corrected chi connectivity index (χ0v) is 8.05. The molecule has 0 aromatic carbocycles. The van der Waals surface area contributed by atoms with Crippen LogP contribution in [0.25, 0.3) is 0 Å². The zero-order chi connectivity index (χ0) is 8.97. The Balaban J connectivity index is 1.88. The molecule has 1 fully saturated rings. The van der Waals surface area contributed by atoms with Crippen LogP contribution in [0.4, 0.5) is 0 Å². The van der Waals surface area contributed by atoms with Gasteiger partial charge in [0.1, 0.15) is 0 Å². The monoisotopic (exact) mass is 172 g/mol. The van der Waals surface area contributed by atoms with Crippen molar-refractivity contribution >= 4 is 0 Å². The Hall–Kier alpha value is -0.120. The molecular weight excluding hydrogens is 152 g/mol. The minimum Gasteiger partial charge on any atom is -0.383 e. The maximum Gasteiger partial charge on any atom is 0.0626 e. The summed E-state index contributed by atoms with van der Waals surface area (Å²) in [5, 5.41) is 3.36. The number of nitrogens with two attached hydrogens (primary N) is 1. The van der Waals surface area contributed by atoms with Crippen molar-refractivity contribution in [2.45, 2.75) is 19.4 Å². The third-order valence-corrected chi connectivity index (χ3v) is 2.47. The van der Waals surface area contributed by atoms with Crippen LogP contribution in [-0.4, -0.2) is 32.8 Å². The highest BCUT2D eigenvalue weighted by molar-refractivity contribution is 4.84. The van der Waals surface area contributed by atoms with E-state index in [1.165, 1.54) is 6.42 Å². The highest BCUT2D eigenvalue weighted by Crippen LogP contribution is 2.36. The van der Waals surface area contributed by atoms with E-state index in [-0.39, 0.29) is 6.04 Å². The van der Waals surface area contributed by atoms with Gasteiger partial charge in [-0.15, -0.1) is 0 Å². The van der Waals surface area contributed by atoms with E-state index in [2.05, 4.69) is 12.2 Å². The van der Waals surface area contributed by atoms with Crippen molar-refractivity contribution < 1.29 is 4.74 Å². The van der Waals surface area contributed by atoms with Crippen molar-refractivity contribution in [2.75, 3.05) is 26.8 Å². The van der Waals surface area contributed by atoms with Gasteiger partial charge in [-0.05, 0) is 24.8 Å². The summed E-state index contributed by atoms with van der Waals surface area (Å²) in [6.45, 7) is 4.93. The molecule has 72 valence electrons. The largest absolute Gasteiger partial charge is 0.383 e. The van der Waals surface area contributed by atoms with Crippen LogP contribution in [0.15, 0.2) is 0 Å². The second-order valence-electron chi connectivity index (χ2n) is 3.85. The molecule has 0 radical (unpaired) electrons. The van der Waals surface area contributed by atoms with Crippen molar-refractivity contribution in [1.82, 2.24) is 5.32 Å². The second-order valence-corrected chi connectivity index (χ2v) is 3.85. The standard InChI is InChI=1S/C9H20N2O/c1-7-3-8(7)4-11-5-9(10)6-12-2/h7-9,11H,3-6,10H2,1-2H3. The van der Waals surface area contributed by atoms with Gasteiger partial charge in [-0.25, -0.2) is 0 Å². The molecule has 3 unspecified atom stereocenters. The number of hydrogen-bond donors (Lipinski definition) is 2. The summed E-state index contributed by atoms with van der Waals surface area (Å²) in [6, 6.07) is 0.143. The topological polar surface area (TPSA) is 47.3 Å². The number of ether oxygens (including phenoxy) is 1. The Morgan fingerprint density at radius 3 is 2.83 bits per heavy atom. The Morgan fingerprint density at radius 2 is 2.33 bits per heavy atom. The summed E-state index contributed by atoms with van der Waals surface area (Å²) >= 11 is 0. The first-order valence-corrected chi connectivity index (χ1v) is 4.69. The molecule has 1 rings (SSSR count). The van der Waals surface area contributed by atoms with E-state index < -0.39 is 0 Å². The van der Waals surface area contributed by atoms with Crippen molar-refractivity contribution in [2.24, 2.45) is 17.6 Å². The van der Waals surface area contributed by atoms with Crippen LogP contribution in [0.3, 0.4) is 0 Å². The molecule has 0 bridgehead atoms. The van der Waals surface area contributed by atoms with E-state index in [9.17, 15) is 0 Å². The number of methoxy groups -OCH3 is 1. The van der Waals surface area contributed by atoms with Gasteiger partial charge in [0.2, 0.25) is 0 Å². The molecule has 0 amide bonds. The first kappa shape index (κ1) is 9.96. The van der Waals surface area contributed by atoms with E-state index in [1.807, 2.05) is 0 Å². The van der Waals surface area contributed by atoms with Crippen LogP contribution in [0.2, 0.25) is 0 Å². The van der Waals surface area contributed by atoms with Gasteiger partial charge in [0.05, 0.1) is 6.61 Å². The molecule has 0 saturated heterocycles. The van der Waals surface area contributed by atoms with Gasteiger partial charge in [-0.1, -0.05) is 6.92 Å². The lowest BCUT2D eigenvalue weighted by Crippen LogP contribution is -2.38. The lowest BCUT2D eigenvalue weighted by Gasteiger charge is -2.10. The molecular formula is C9H20N2O. The average molecular weight is 172 g/mol. The molecule has 3 N–H and O–H groups in total. The summed E-state index contributed by atoms with van der Waals surface area (Å²) in [4.78, 5) is 0. The third kappa shape index (κ3) is 3.52. The highest BCUT2D eigenvalue weighted by atomic mass is 16.5. The Labute approximate surface area is 74.7 Å². The molecule has 1 aliphatic carbocycles. The van der Waals surface area contributed by atoms with Gasteiger partial charge in [0.15, 0.2) is 0 Å². The quantitative estimate of drug-likeness (QED) is 0.602.